The SMILES string of the molecule is NNC(=O)Cn1ncc(N2CCCC2)cc1=O. The highest BCUT2D eigenvalue weighted by atomic mass is 16.2. The van der Waals surface area contributed by atoms with E-state index in [4.69, 9.17) is 5.84 Å². The van der Waals surface area contributed by atoms with E-state index in [9.17, 15) is 9.59 Å². The van der Waals surface area contributed by atoms with E-state index in [2.05, 4.69) is 10.00 Å². The molecule has 0 unspecified atom stereocenters. The van der Waals surface area contributed by atoms with E-state index in [0.29, 0.717) is 0 Å². The summed E-state index contributed by atoms with van der Waals surface area (Å²) in [4.78, 5) is 24.8. The van der Waals surface area contributed by atoms with Gasteiger partial charge in [0.25, 0.3) is 11.5 Å². The Hall–Kier alpha value is -1.89. The molecule has 0 bridgehead atoms. The number of rotatable bonds is 3. The molecule has 0 spiro atoms. The lowest BCUT2D eigenvalue weighted by atomic mass is 10.4. The molecular formula is C10H15N5O2. The lowest BCUT2D eigenvalue weighted by Gasteiger charge is -2.16. The van der Waals surface area contributed by atoms with Crippen LogP contribution in [0.4, 0.5) is 5.69 Å². The first kappa shape index (κ1) is 11.6. The number of nitrogens with one attached hydrogen (secondary N) is 1. The summed E-state index contributed by atoms with van der Waals surface area (Å²) in [5.41, 5.74) is 2.48. The molecule has 1 aromatic heterocycles. The van der Waals surface area contributed by atoms with Gasteiger partial charge in [0.2, 0.25) is 0 Å². The molecule has 7 heteroatoms. The molecule has 1 aromatic rings. The van der Waals surface area contributed by atoms with Crippen LogP contribution >= 0.6 is 0 Å². The Morgan fingerprint density at radius 1 is 1.47 bits per heavy atom. The van der Waals surface area contributed by atoms with Crippen molar-refractivity contribution >= 4 is 11.6 Å². The summed E-state index contributed by atoms with van der Waals surface area (Å²) < 4.78 is 1.09. The van der Waals surface area contributed by atoms with Gasteiger partial charge in [-0.3, -0.25) is 15.0 Å². The minimum atomic E-state index is -0.450. The molecule has 0 saturated carbocycles. The highest BCUT2D eigenvalue weighted by molar-refractivity contribution is 5.74. The zero-order chi connectivity index (χ0) is 12.3. The van der Waals surface area contributed by atoms with Gasteiger partial charge in [-0.1, -0.05) is 0 Å². The van der Waals surface area contributed by atoms with Crippen molar-refractivity contribution in [2.24, 2.45) is 5.84 Å². The van der Waals surface area contributed by atoms with Gasteiger partial charge in [0.15, 0.2) is 0 Å². The van der Waals surface area contributed by atoms with Crippen LogP contribution in [-0.4, -0.2) is 28.8 Å². The second-order valence-corrected chi connectivity index (χ2v) is 3.97. The molecule has 1 aliphatic rings. The van der Waals surface area contributed by atoms with Crippen molar-refractivity contribution in [1.82, 2.24) is 15.2 Å². The molecule has 3 N–H and O–H groups in total. The summed E-state index contributed by atoms with van der Waals surface area (Å²) in [7, 11) is 0. The van der Waals surface area contributed by atoms with E-state index in [-0.39, 0.29) is 12.1 Å². The summed E-state index contributed by atoms with van der Waals surface area (Å²) in [6.07, 6.45) is 3.88. The number of nitrogens with two attached hydrogens (primary N) is 1. The fourth-order valence-corrected chi connectivity index (χ4v) is 1.87. The van der Waals surface area contributed by atoms with E-state index in [1.54, 1.807) is 6.20 Å². The fourth-order valence-electron chi connectivity index (χ4n) is 1.87. The Labute approximate surface area is 98.2 Å². The number of aromatic nitrogens is 2. The molecule has 1 aliphatic heterocycles. The maximum atomic E-state index is 11.7. The largest absolute Gasteiger partial charge is 0.370 e. The van der Waals surface area contributed by atoms with Gasteiger partial charge in [-0.25, -0.2) is 10.5 Å². The standard InChI is InChI=1S/C10H15N5O2/c11-13-9(16)7-15-10(17)5-8(6-12-15)14-3-1-2-4-14/h5-6H,1-4,7,11H2,(H,13,16). The van der Waals surface area contributed by atoms with Crippen LogP contribution < -0.4 is 21.7 Å². The number of carbonyl (C=O) groups excluding carboxylic acids is 1. The molecule has 0 atom stereocenters. The Bertz CT molecular complexity index is 464. The number of anilines is 1. The molecule has 0 aromatic carbocycles. The van der Waals surface area contributed by atoms with E-state index >= 15 is 0 Å². The predicted molar refractivity (Wildman–Crippen MR) is 62.3 cm³/mol. The van der Waals surface area contributed by atoms with Crippen LogP contribution in [0.5, 0.6) is 0 Å². The van der Waals surface area contributed by atoms with Crippen molar-refractivity contribution in [2.75, 3.05) is 18.0 Å². The Morgan fingerprint density at radius 2 is 2.18 bits per heavy atom. The van der Waals surface area contributed by atoms with Crippen molar-refractivity contribution < 1.29 is 4.79 Å². The first-order valence-electron chi connectivity index (χ1n) is 5.52. The predicted octanol–water partition coefficient (Wildman–Crippen LogP) is -1.17. The van der Waals surface area contributed by atoms with Gasteiger partial charge < -0.3 is 4.90 Å². The topological polar surface area (TPSA) is 93.2 Å². The van der Waals surface area contributed by atoms with Gasteiger partial charge in [0, 0.05) is 19.2 Å². The van der Waals surface area contributed by atoms with Crippen LogP contribution in [0.2, 0.25) is 0 Å². The van der Waals surface area contributed by atoms with Crippen LogP contribution in [0, 0.1) is 0 Å². The molecule has 2 rings (SSSR count). The Kier molecular flexibility index (Phi) is 3.38. The molecule has 0 radical (unpaired) electrons. The van der Waals surface area contributed by atoms with Crippen molar-refractivity contribution in [1.29, 1.82) is 0 Å². The summed E-state index contributed by atoms with van der Waals surface area (Å²) in [6.45, 7) is 1.75. The van der Waals surface area contributed by atoms with Crippen LogP contribution in [-0.2, 0) is 11.3 Å². The lowest BCUT2D eigenvalue weighted by Crippen LogP contribution is -2.37. The third-order valence-electron chi connectivity index (χ3n) is 2.78. The van der Waals surface area contributed by atoms with Gasteiger partial charge >= 0.3 is 0 Å². The second kappa shape index (κ2) is 4.96. The van der Waals surface area contributed by atoms with Gasteiger partial charge in [-0.2, -0.15) is 5.10 Å². The quantitative estimate of drug-likeness (QED) is 0.392. The van der Waals surface area contributed by atoms with Gasteiger partial charge in [-0.15, -0.1) is 0 Å². The van der Waals surface area contributed by atoms with Gasteiger partial charge in [0.1, 0.15) is 6.54 Å². The molecule has 92 valence electrons. The Morgan fingerprint density at radius 3 is 2.76 bits per heavy atom. The number of hydrogen-bond donors (Lipinski definition) is 2. The van der Waals surface area contributed by atoms with Crippen LogP contribution in [0.25, 0.3) is 0 Å². The minimum Gasteiger partial charge on any atom is -0.370 e. The lowest BCUT2D eigenvalue weighted by molar-refractivity contribution is -0.122. The van der Waals surface area contributed by atoms with Gasteiger partial charge in [0.05, 0.1) is 11.9 Å². The zero-order valence-electron chi connectivity index (χ0n) is 9.43. The average Bonchev–Trinajstić information content (AvgIpc) is 2.85. The van der Waals surface area contributed by atoms with Crippen molar-refractivity contribution in [3.63, 3.8) is 0 Å². The number of amides is 1. The smallest absolute Gasteiger partial charge is 0.269 e. The van der Waals surface area contributed by atoms with Gasteiger partial charge in [-0.05, 0) is 12.8 Å². The van der Waals surface area contributed by atoms with Crippen LogP contribution in [0.3, 0.4) is 0 Å². The van der Waals surface area contributed by atoms with Crippen molar-refractivity contribution in [2.45, 2.75) is 19.4 Å². The molecule has 7 nitrogen and oxygen atoms in total. The normalized spacial score (nSPS) is 15.0. The van der Waals surface area contributed by atoms with Crippen LogP contribution in [0.15, 0.2) is 17.1 Å². The number of hydrogen-bond acceptors (Lipinski definition) is 5. The molecular weight excluding hydrogens is 222 g/mol. The fraction of sp³-hybridized carbons (Fsp3) is 0.500. The summed E-state index contributed by atoms with van der Waals surface area (Å²) in [6, 6.07) is 1.50. The molecule has 1 amide bonds. The first-order chi connectivity index (χ1) is 8.20. The number of carbonyl (C=O) groups is 1. The summed E-state index contributed by atoms with van der Waals surface area (Å²) in [5.74, 6) is 4.50. The third-order valence-corrected chi connectivity index (χ3v) is 2.78. The summed E-state index contributed by atoms with van der Waals surface area (Å²) in [5, 5.41) is 3.96. The molecule has 2 heterocycles. The van der Waals surface area contributed by atoms with E-state index in [0.717, 1.165) is 36.3 Å². The molecule has 1 fully saturated rings. The van der Waals surface area contributed by atoms with Crippen LogP contribution in [0.1, 0.15) is 12.8 Å². The second-order valence-electron chi connectivity index (χ2n) is 3.97. The highest BCUT2D eigenvalue weighted by Crippen LogP contribution is 2.16. The van der Waals surface area contributed by atoms with Crippen molar-refractivity contribution in [3.8, 4) is 0 Å². The summed E-state index contributed by atoms with van der Waals surface area (Å²) >= 11 is 0. The van der Waals surface area contributed by atoms with E-state index in [1.165, 1.54) is 6.07 Å². The third kappa shape index (κ3) is 2.62. The molecule has 0 aliphatic carbocycles. The van der Waals surface area contributed by atoms with E-state index in [1.807, 2.05) is 5.43 Å². The van der Waals surface area contributed by atoms with E-state index < -0.39 is 5.91 Å². The number of nitrogens with zero attached hydrogens (tertiary/aromatic N) is 3. The monoisotopic (exact) mass is 237 g/mol. The van der Waals surface area contributed by atoms with Crippen molar-refractivity contribution in [3.05, 3.63) is 22.6 Å². The zero-order valence-corrected chi connectivity index (χ0v) is 9.43. The number of hydrazine groups is 1. The maximum Gasteiger partial charge on any atom is 0.269 e. The highest BCUT2D eigenvalue weighted by Gasteiger charge is 2.14. The minimum absolute atomic E-state index is 0.157. The first-order valence-corrected chi connectivity index (χ1v) is 5.52. The maximum absolute atomic E-state index is 11.7. The Balaban J connectivity index is 2.16. The molecule has 1 saturated heterocycles. The molecule has 17 heavy (non-hydrogen) atoms. The average molecular weight is 237 g/mol.